The summed E-state index contributed by atoms with van der Waals surface area (Å²) in [5.74, 6) is 4.78. The minimum absolute atomic E-state index is 0.274. The summed E-state index contributed by atoms with van der Waals surface area (Å²) in [4.78, 5) is 13.4. The molecule has 0 radical (unpaired) electrons. The quantitative estimate of drug-likeness (QED) is 0.426. The second-order valence-corrected chi connectivity index (χ2v) is 3.90. The highest BCUT2D eigenvalue weighted by Crippen LogP contribution is 2.06. The van der Waals surface area contributed by atoms with Crippen LogP contribution in [0.3, 0.4) is 0 Å². The van der Waals surface area contributed by atoms with Crippen molar-refractivity contribution in [3.05, 3.63) is 35.4 Å². The zero-order valence-corrected chi connectivity index (χ0v) is 10.3. The van der Waals surface area contributed by atoms with E-state index in [2.05, 4.69) is 10.3 Å². The standard InChI is InChI=1S/C12H19N3O2/c1-15(7-8-17-2)9-10-3-5-11(6-4-10)12(16)14-13/h3-6H,7-9,13H2,1-2H3,(H,14,16). The first kappa shape index (κ1) is 13.6. The molecule has 5 heteroatoms. The zero-order chi connectivity index (χ0) is 12.7. The fourth-order valence-electron chi connectivity index (χ4n) is 1.48. The Hall–Kier alpha value is -1.43. The van der Waals surface area contributed by atoms with Gasteiger partial charge in [0.05, 0.1) is 6.61 Å². The Morgan fingerprint density at radius 1 is 1.41 bits per heavy atom. The summed E-state index contributed by atoms with van der Waals surface area (Å²) in [7, 11) is 3.72. The molecule has 1 rings (SSSR count). The third-order valence-electron chi connectivity index (χ3n) is 2.48. The number of hydrogen-bond acceptors (Lipinski definition) is 4. The molecule has 5 nitrogen and oxygen atoms in total. The van der Waals surface area contributed by atoms with Gasteiger partial charge in [0.15, 0.2) is 0 Å². The van der Waals surface area contributed by atoms with E-state index in [1.807, 2.05) is 19.2 Å². The van der Waals surface area contributed by atoms with Gasteiger partial charge in [-0.05, 0) is 24.7 Å². The number of nitrogen functional groups attached to an aromatic ring is 1. The van der Waals surface area contributed by atoms with E-state index in [0.717, 1.165) is 18.7 Å². The number of rotatable bonds is 6. The van der Waals surface area contributed by atoms with Crippen LogP contribution in [0.4, 0.5) is 0 Å². The van der Waals surface area contributed by atoms with Crippen molar-refractivity contribution in [3.63, 3.8) is 0 Å². The molecule has 17 heavy (non-hydrogen) atoms. The molecule has 0 aliphatic heterocycles. The number of amides is 1. The minimum Gasteiger partial charge on any atom is -0.383 e. The predicted molar refractivity (Wildman–Crippen MR) is 66.3 cm³/mol. The number of carbonyl (C=O) groups excluding carboxylic acids is 1. The number of carbonyl (C=O) groups is 1. The van der Waals surface area contributed by atoms with Crippen LogP contribution in [-0.2, 0) is 11.3 Å². The molecule has 0 aliphatic carbocycles. The van der Waals surface area contributed by atoms with Crippen LogP contribution < -0.4 is 11.3 Å². The minimum atomic E-state index is -0.274. The van der Waals surface area contributed by atoms with E-state index >= 15 is 0 Å². The Bertz CT molecular complexity index is 351. The van der Waals surface area contributed by atoms with Crippen molar-refractivity contribution in [1.29, 1.82) is 0 Å². The molecule has 0 spiro atoms. The van der Waals surface area contributed by atoms with Crippen LogP contribution in [0, 0.1) is 0 Å². The molecule has 1 aromatic carbocycles. The Labute approximate surface area is 102 Å². The van der Waals surface area contributed by atoms with Crippen molar-refractivity contribution in [3.8, 4) is 0 Å². The number of nitrogens with one attached hydrogen (secondary N) is 1. The molecule has 0 fully saturated rings. The van der Waals surface area contributed by atoms with Crippen LogP contribution in [0.2, 0.25) is 0 Å². The summed E-state index contributed by atoms with van der Waals surface area (Å²) in [5.41, 5.74) is 3.82. The zero-order valence-electron chi connectivity index (χ0n) is 10.3. The van der Waals surface area contributed by atoms with E-state index in [-0.39, 0.29) is 5.91 Å². The van der Waals surface area contributed by atoms with E-state index in [4.69, 9.17) is 10.6 Å². The summed E-state index contributed by atoms with van der Waals surface area (Å²) in [5, 5.41) is 0. The lowest BCUT2D eigenvalue weighted by Gasteiger charge is -2.16. The first-order chi connectivity index (χ1) is 8.17. The number of nitrogens with two attached hydrogens (primary N) is 1. The fourth-order valence-corrected chi connectivity index (χ4v) is 1.48. The molecule has 0 aromatic heterocycles. The van der Waals surface area contributed by atoms with Gasteiger partial charge in [-0.1, -0.05) is 12.1 Å². The van der Waals surface area contributed by atoms with E-state index < -0.39 is 0 Å². The van der Waals surface area contributed by atoms with Gasteiger partial charge in [0, 0.05) is 25.8 Å². The SMILES string of the molecule is COCCN(C)Cc1ccc(C(=O)NN)cc1. The van der Waals surface area contributed by atoms with Gasteiger partial charge in [-0.2, -0.15) is 0 Å². The first-order valence-corrected chi connectivity index (χ1v) is 5.44. The molecule has 1 amide bonds. The maximum Gasteiger partial charge on any atom is 0.265 e. The molecule has 94 valence electrons. The molecular formula is C12H19N3O2. The molecular weight excluding hydrogens is 218 g/mol. The molecule has 3 N–H and O–H groups in total. The average Bonchev–Trinajstić information content (AvgIpc) is 2.36. The average molecular weight is 237 g/mol. The third kappa shape index (κ3) is 4.52. The molecule has 0 saturated carbocycles. The largest absolute Gasteiger partial charge is 0.383 e. The summed E-state index contributed by atoms with van der Waals surface area (Å²) in [6.45, 7) is 2.42. The lowest BCUT2D eigenvalue weighted by atomic mass is 10.1. The van der Waals surface area contributed by atoms with Gasteiger partial charge in [0.2, 0.25) is 0 Å². The van der Waals surface area contributed by atoms with E-state index in [1.165, 1.54) is 0 Å². The van der Waals surface area contributed by atoms with Crippen LogP contribution in [-0.4, -0.2) is 38.1 Å². The van der Waals surface area contributed by atoms with Crippen LogP contribution in [0.15, 0.2) is 24.3 Å². The highest BCUT2D eigenvalue weighted by atomic mass is 16.5. The first-order valence-electron chi connectivity index (χ1n) is 5.44. The van der Waals surface area contributed by atoms with Gasteiger partial charge in [-0.15, -0.1) is 0 Å². The Balaban J connectivity index is 2.53. The van der Waals surface area contributed by atoms with Crippen LogP contribution in [0.1, 0.15) is 15.9 Å². The maximum absolute atomic E-state index is 11.2. The second-order valence-electron chi connectivity index (χ2n) is 3.90. The number of benzene rings is 1. The number of hydrazine groups is 1. The highest BCUT2D eigenvalue weighted by Gasteiger charge is 2.04. The van der Waals surface area contributed by atoms with E-state index in [9.17, 15) is 4.79 Å². The topological polar surface area (TPSA) is 67.6 Å². The lowest BCUT2D eigenvalue weighted by molar-refractivity contribution is 0.0953. The molecule has 1 aromatic rings. The van der Waals surface area contributed by atoms with Crippen LogP contribution in [0.25, 0.3) is 0 Å². The van der Waals surface area contributed by atoms with Gasteiger partial charge in [0.1, 0.15) is 0 Å². The van der Waals surface area contributed by atoms with Crippen molar-refractivity contribution < 1.29 is 9.53 Å². The molecule has 0 heterocycles. The van der Waals surface area contributed by atoms with Crippen molar-refractivity contribution in [2.75, 3.05) is 27.3 Å². The van der Waals surface area contributed by atoms with Crippen LogP contribution >= 0.6 is 0 Å². The van der Waals surface area contributed by atoms with Gasteiger partial charge in [-0.25, -0.2) is 5.84 Å². The molecule has 0 aliphatic rings. The number of likely N-dealkylation sites (N-methyl/N-ethyl adjacent to an activating group) is 1. The molecule has 0 saturated heterocycles. The summed E-state index contributed by atoms with van der Waals surface area (Å²) in [6, 6.07) is 7.38. The van der Waals surface area contributed by atoms with Crippen molar-refractivity contribution in [2.24, 2.45) is 5.84 Å². The smallest absolute Gasteiger partial charge is 0.265 e. The van der Waals surface area contributed by atoms with Crippen molar-refractivity contribution in [2.45, 2.75) is 6.54 Å². The number of nitrogens with zero attached hydrogens (tertiary/aromatic N) is 1. The van der Waals surface area contributed by atoms with Gasteiger partial charge in [0.25, 0.3) is 5.91 Å². The normalized spacial score (nSPS) is 10.6. The summed E-state index contributed by atoms with van der Waals surface area (Å²) < 4.78 is 5.01. The molecule has 0 unspecified atom stereocenters. The lowest BCUT2D eigenvalue weighted by Crippen LogP contribution is -2.30. The Morgan fingerprint density at radius 3 is 2.59 bits per heavy atom. The van der Waals surface area contributed by atoms with Crippen LogP contribution in [0.5, 0.6) is 0 Å². The predicted octanol–water partition coefficient (Wildman–Crippen LogP) is 0.368. The van der Waals surface area contributed by atoms with Gasteiger partial charge in [-0.3, -0.25) is 15.1 Å². The number of methoxy groups -OCH3 is 1. The third-order valence-corrected chi connectivity index (χ3v) is 2.48. The molecule has 0 atom stereocenters. The van der Waals surface area contributed by atoms with Crippen molar-refractivity contribution >= 4 is 5.91 Å². The fraction of sp³-hybridized carbons (Fsp3) is 0.417. The number of ether oxygens (including phenoxy) is 1. The van der Waals surface area contributed by atoms with Gasteiger partial charge < -0.3 is 4.74 Å². The molecule has 0 bridgehead atoms. The monoisotopic (exact) mass is 237 g/mol. The highest BCUT2D eigenvalue weighted by molar-refractivity contribution is 5.93. The summed E-state index contributed by atoms with van der Waals surface area (Å²) in [6.07, 6.45) is 0. The maximum atomic E-state index is 11.2. The van der Waals surface area contributed by atoms with Crippen molar-refractivity contribution in [1.82, 2.24) is 10.3 Å². The summed E-state index contributed by atoms with van der Waals surface area (Å²) >= 11 is 0. The van der Waals surface area contributed by atoms with E-state index in [0.29, 0.717) is 12.2 Å². The number of hydrogen-bond donors (Lipinski definition) is 2. The van der Waals surface area contributed by atoms with Gasteiger partial charge >= 0.3 is 0 Å². The Morgan fingerprint density at radius 2 is 2.06 bits per heavy atom. The van der Waals surface area contributed by atoms with E-state index in [1.54, 1.807) is 19.2 Å². The second kappa shape index (κ2) is 7.01. The Kier molecular flexibility index (Phi) is 5.62.